The zero-order valence-electron chi connectivity index (χ0n) is 7.25. The second-order valence-corrected chi connectivity index (χ2v) is 3.39. The van der Waals surface area contributed by atoms with Gasteiger partial charge in [-0.25, -0.2) is 0 Å². The lowest BCUT2D eigenvalue weighted by molar-refractivity contribution is -0.228. The normalized spacial score (nSPS) is 43.6. The highest BCUT2D eigenvalue weighted by Gasteiger charge is 2.52. The number of ether oxygens (including phenoxy) is 1. The van der Waals surface area contributed by atoms with Crippen LogP contribution in [-0.2, 0) is 9.53 Å². The van der Waals surface area contributed by atoms with Gasteiger partial charge in [-0.3, -0.25) is 10.5 Å². The average Bonchev–Trinajstić information content (AvgIpc) is 1.98. The van der Waals surface area contributed by atoms with E-state index in [9.17, 15) is 20.1 Å². The highest BCUT2D eigenvalue weighted by molar-refractivity contribution is 5.68. The molecule has 0 unspecified atom stereocenters. The Labute approximate surface area is 79.7 Å². The standard InChI is InChI=1S/C7H12NO6/c8-7(13)3-14-2-6(12,5(7)11)1-4(9)10/h3,5,11-13H,1-2,8H2,(H,9,10)/t5-,6-,7+/m1/s1. The van der Waals surface area contributed by atoms with Crippen molar-refractivity contribution in [1.82, 2.24) is 0 Å². The fraction of sp³-hybridized carbons (Fsp3) is 0.714. The molecule has 81 valence electrons. The maximum absolute atomic E-state index is 10.4. The Morgan fingerprint density at radius 1 is 1.64 bits per heavy atom. The Morgan fingerprint density at radius 3 is 2.71 bits per heavy atom. The SMILES string of the molecule is N[C@]1(O)[CH]OC[C@](O)(CC(=O)O)[C@H]1O. The van der Waals surface area contributed by atoms with Crippen molar-refractivity contribution >= 4 is 5.97 Å². The van der Waals surface area contributed by atoms with E-state index < -0.39 is 36.4 Å². The average molecular weight is 206 g/mol. The first kappa shape index (κ1) is 11.3. The topological polar surface area (TPSA) is 133 Å². The van der Waals surface area contributed by atoms with E-state index in [1.165, 1.54) is 0 Å². The minimum atomic E-state index is -2.25. The molecule has 1 heterocycles. The molecule has 1 fully saturated rings. The molecule has 1 saturated heterocycles. The van der Waals surface area contributed by atoms with Crippen LogP contribution in [0.3, 0.4) is 0 Å². The van der Waals surface area contributed by atoms with Crippen LogP contribution in [0.2, 0.25) is 0 Å². The minimum Gasteiger partial charge on any atom is -0.481 e. The summed E-state index contributed by atoms with van der Waals surface area (Å²) in [4.78, 5) is 10.4. The lowest BCUT2D eigenvalue weighted by atomic mass is 9.85. The second kappa shape index (κ2) is 3.44. The molecule has 0 aromatic rings. The zero-order valence-corrected chi connectivity index (χ0v) is 7.25. The van der Waals surface area contributed by atoms with Crippen LogP contribution in [0.4, 0.5) is 0 Å². The Hall–Kier alpha value is -0.730. The van der Waals surface area contributed by atoms with Crippen LogP contribution in [0.25, 0.3) is 0 Å². The summed E-state index contributed by atoms with van der Waals surface area (Å²) < 4.78 is 4.60. The first-order valence-electron chi connectivity index (χ1n) is 3.87. The molecule has 0 spiro atoms. The molecular formula is C7H12NO6. The van der Waals surface area contributed by atoms with Crippen molar-refractivity contribution in [2.45, 2.75) is 23.9 Å². The zero-order chi connectivity index (χ0) is 11.0. The van der Waals surface area contributed by atoms with Crippen molar-refractivity contribution in [3.05, 3.63) is 6.61 Å². The van der Waals surface area contributed by atoms with Gasteiger partial charge in [0.1, 0.15) is 18.3 Å². The van der Waals surface area contributed by atoms with Gasteiger partial charge in [-0.15, -0.1) is 0 Å². The molecule has 0 aromatic heterocycles. The maximum Gasteiger partial charge on any atom is 0.306 e. The third-order valence-corrected chi connectivity index (χ3v) is 2.01. The molecule has 1 aliphatic heterocycles. The third kappa shape index (κ3) is 2.02. The van der Waals surface area contributed by atoms with E-state index in [4.69, 9.17) is 10.8 Å². The molecule has 6 N–H and O–H groups in total. The summed E-state index contributed by atoms with van der Waals surface area (Å²) >= 11 is 0. The molecule has 3 atom stereocenters. The number of nitrogens with two attached hydrogens (primary N) is 1. The summed E-state index contributed by atoms with van der Waals surface area (Å²) in [5.74, 6) is -1.33. The Balaban J connectivity index is 2.82. The number of hydrogen-bond acceptors (Lipinski definition) is 6. The number of aliphatic carboxylic acids is 1. The van der Waals surface area contributed by atoms with Crippen molar-refractivity contribution in [2.75, 3.05) is 6.61 Å². The van der Waals surface area contributed by atoms with E-state index in [0.29, 0.717) is 0 Å². The summed E-state index contributed by atoms with van der Waals surface area (Å²) in [7, 11) is 0. The molecule has 0 saturated carbocycles. The lowest BCUT2D eigenvalue weighted by Gasteiger charge is -2.43. The van der Waals surface area contributed by atoms with Crippen LogP contribution < -0.4 is 5.73 Å². The Bertz CT molecular complexity index is 242. The molecule has 1 radical (unpaired) electrons. The summed E-state index contributed by atoms with van der Waals surface area (Å²) in [6.45, 7) is 0.327. The number of carbonyl (C=O) groups is 1. The van der Waals surface area contributed by atoms with Crippen molar-refractivity contribution in [2.24, 2.45) is 5.73 Å². The second-order valence-electron chi connectivity index (χ2n) is 3.39. The molecule has 7 heteroatoms. The number of aliphatic hydroxyl groups excluding tert-OH is 1. The van der Waals surface area contributed by atoms with Gasteiger partial charge in [-0.05, 0) is 0 Å². The molecule has 1 aliphatic rings. The molecule has 14 heavy (non-hydrogen) atoms. The van der Waals surface area contributed by atoms with Crippen molar-refractivity contribution < 1.29 is 30.0 Å². The minimum absolute atomic E-state index is 0.431. The number of carboxylic acid groups (broad SMARTS) is 1. The van der Waals surface area contributed by atoms with E-state index >= 15 is 0 Å². The van der Waals surface area contributed by atoms with Crippen LogP contribution in [0.1, 0.15) is 6.42 Å². The molecule has 1 rings (SSSR count). The highest BCUT2D eigenvalue weighted by Crippen LogP contribution is 2.29. The largest absolute Gasteiger partial charge is 0.481 e. The van der Waals surface area contributed by atoms with Gasteiger partial charge in [-0.1, -0.05) is 0 Å². The van der Waals surface area contributed by atoms with Gasteiger partial charge in [0.15, 0.2) is 5.72 Å². The smallest absolute Gasteiger partial charge is 0.306 e. The van der Waals surface area contributed by atoms with E-state index in [0.717, 1.165) is 6.61 Å². The summed E-state index contributed by atoms with van der Waals surface area (Å²) in [6, 6.07) is 0. The number of rotatable bonds is 2. The predicted molar refractivity (Wildman–Crippen MR) is 42.6 cm³/mol. The first-order chi connectivity index (χ1) is 6.28. The van der Waals surface area contributed by atoms with Gasteiger partial charge in [-0.2, -0.15) is 0 Å². The molecule has 0 amide bonds. The van der Waals surface area contributed by atoms with Crippen molar-refractivity contribution in [3.63, 3.8) is 0 Å². The summed E-state index contributed by atoms with van der Waals surface area (Å²) in [5.41, 5.74) is 0.818. The molecule has 0 aromatic carbocycles. The third-order valence-electron chi connectivity index (χ3n) is 2.01. The van der Waals surface area contributed by atoms with Gasteiger partial charge in [0.05, 0.1) is 13.0 Å². The number of aliphatic hydroxyl groups is 3. The molecule has 0 bridgehead atoms. The highest BCUT2D eigenvalue weighted by atomic mass is 16.5. The summed E-state index contributed by atoms with van der Waals surface area (Å²) in [6.07, 6.45) is -2.57. The van der Waals surface area contributed by atoms with Gasteiger partial charge in [0, 0.05) is 0 Å². The predicted octanol–water partition coefficient (Wildman–Crippen LogP) is -2.61. The number of carboxylic acids is 1. The first-order valence-corrected chi connectivity index (χ1v) is 3.87. The van der Waals surface area contributed by atoms with Crippen LogP contribution in [0, 0.1) is 6.61 Å². The monoisotopic (exact) mass is 206 g/mol. The Kier molecular flexibility index (Phi) is 2.79. The van der Waals surface area contributed by atoms with Crippen LogP contribution in [-0.4, -0.2) is 50.4 Å². The van der Waals surface area contributed by atoms with E-state index in [-0.39, 0.29) is 0 Å². The summed E-state index contributed by atoms with van der Waals surface area (Å²) in [5, 5.41) is 36.8. The molecule has 0 aliphatic carbocycles. The van der Waals surface area contributed by atoms with Crippen molar-refractivity contribution in [3.8, 4) is 0 Å². The Morgan fingerprint density at radius 2 is 2.21 bits per heavy atom. The van der Waals surface area contributed by atoms with Gasteiger partial charge < -0.3 is 25.2 Å². The van der Waals surface area contributed by atoms with Gasteiger partial charge in [0.2, 0.25) is 0 Å². The van der Waals surface area contributed by atoms with E-state index in [2.05, 4.69) is 4.74 Å². The van der Waals surface area contributed by atoms with Gasteiger partial charge in [0.25, 0.3) is 0 Å². The van der Waals surface area contributed by atoms with Crippen LogP contribution in [0.5, 0.6) is 0 Å². The molecule has 7 nitrogen and oxygen atoms in total. The van der Waals surface area contributed by atoms with E-state index in [1.807, 2.05) is 0 Å². The fourth-order valence-electron chi connectivity index (χ4n) is 1.30. The van der Waals surface area contributed by atoms with Crippen molar-refractivity contribution in [1.29, 1.82) is 0 Å². The van der Waals surface area contributed by atoms with Crippen LogP contribution in [0.15, 0.2) is 0 Å². The number of hydrogen-bond donors (Lipinski definition) is 5. The van der Waals surface area contributed by atoms with Gasteiger partial charge >= 0.3 is 5.97 Å². The maximum atomic E-state index is 10.4. The quantitative estimate of drug-likeness (QED) is 0.312. The van der Waals surface area contributed by atoms with E-state index in [1.54, 1.807) is 0 Å². The molecular weight excluding hydrogens is 194 g/mol. The lowest BCUT2D eigenvalue weighted by Crippen LogP contribution is -2.67. The fourth-order valence-corrected chi connectivity index (χ4v) is 1.30. The van der Waals surface area contributed by atoms with Crippen LogP contribution >= 0.6 is 0 Å².